The van der Waals surface area contributed by atoms with Crippen LogP contribution in [0.3, 0.4) is 0 Å². The number of anilines is 3. The van der Waals surface area contributed by atoms with Crippen molar-refractivity contribution in [2.75, 3.05) is 36.9 Å². The van der Waals surface area contributed by atoms with Crippen molar-refractivity contribution in [3.05, 3.63) is 36.3 Å². The lowest BCUT2D eigenvalue weighted by Crippen LogP contribution is -2.36. The maximum absolute atomic E-state index is 12.1. The first kappa shape index (κ1) is 18.1. The molecule has 1 aliphatic rings. The van der Waals surface area contributed by atoms with E-state index in [9.17, 15) is 4.79 Å². The molecule has 0 aliphatic carbocycles. The van der Waals surface area contributed by atoms with Crippen LogP contribution in [0.1, 0.15) is 18.4 Å². The van der Waals surface area contributed by atoms with Crippen molar-refractivity contribution in [1.29, 1.82) is 0 Å². The van der Waals surface area contributed by atoms with Crippen molar-refractivity contribution in [2.24, 2.45) is 5.92 Å². The van der Waals surface area contributed by atoms with E-state index >= 15 is 0 Å². The minimum Gasteiger partial charge on any atom is -0.381 e. The topological polar surface area (TPSA) is 101 Å². The van der Waals surface area contributed by atoms with Crippen LogP contribution in [0.25, 0.3) is 0 Å². The Hall–Kier alpha value is -2.74. The zero-order valence-electron chi connectivity index (χ0n) is 14.9. The van der Waals surface area contributed by atoms with Crippen molar-refractivity contribution in [3.63, 3.8) is 0 Å². The van der Waals surface area contributed by atoms with Crippen LogP contribution < -0.4 is 16.0 Å². The van der Waals surface area contributed by atoms with Gasteiger partial charge in [-0.1, -0.05) is 0 Å². The molecule has 2 aromatic heterocycles. The molecule has 1 aliphatic heterocycles. The number of amides is 1. The standard InChI is InChI=1S/C18H24N6O2/c1-13-2-5-19-16(10-13)24-17-11-15(22-12-23-17)20-6-7-21-18(25)14-3-8-26-9-4-14/h2,5,10-12,14H,3-4,6-9H2,1H3,(H,21,25)(H2,19,20,22,23,24). The van der Waals surface area contributed by atoms with E-state index in [1.165, 1.54) is 6.33 Å². The molecule has 3 N–H and O–H groups in total. The van der Waals surface area contributed by atoms with E-state index < -0.39 is 0 Å². The molecule has 0 atom stereocenters. The fraction of sp³-hybridized carbons (Fsp3) is 0.444. The molecule has 1 amide bonds. The molecule has 26 heavy (non-hydrogen) atoms. The quantitative estimate of drug-likeness (QED) is 0.651. The van der Waals surface area contributed by atoms with Gasteiger partial charge in [-0.25, -0.2) is 15.0 Å². The molecule has 0 aromatic carbocycles. The first-order valence-electron chi connectivity index (χ1n) is 8.82. The summed E-state index contributed by atoms with van der Waals surface area (Å²) in [5.74, 6) is 2.26. The average molecular weight is 356 g/mol. The normalized spacial score (nSPS) is 14.7. The van der Waals surface area contributed by atoms with Crippen molar-refractivity contribution in [2.45, 2.75) is 19.8 Å². The molecule has 1 fully saturated rings. The van der Waals surface area contributed by atoms with Crippen LogP contribution in [0.15, 0.2) is 30.7 Å². The highest BCUT2D eigenvalue weighted by atomic mass is 16.5. The van der Waals surface area contributed by atoms with Gasteiger partial charge >= 0.3 is 0 Å². The second kappa shape index (κ2) is 9.10. The van der Waals surface area contributed by atoms with E-state index in [4.69, 9.17) is 4.74 Å². The number of pyridine rings is 1. The predicted molar refractivity (Wildman–Crippen MR) is 99.3 cm³/mol. The molecule has 0 radical (unpaired) electrons. The number of aromatic nitrogens is 3. The number of hydrogen-bond donors (Lipinski definition) is 3. The Kier molecular flexibility index (Phi) is 6.32. The molecule has 8 heteroatoms. The number of nitrogens with one attached hydrogen (secondary N) is 3. The molecule has 1 saturated heterocycles. The lowest BCUT2D eigenvalue weighted by Gasteiger charge is -2.21. The van der Waals surface area contributed by atoms with Gasteiger partial charge in [-0.3, -0.25) is 4.79 Å². The molecule has 0 unspecified atom stereocenters. The summed E-state index contributed by atoms with van der Waals surface area (Å²) in [5.41, 5.74) is 1.12. The molecule has 3 rings (SSSR count). The van der Waals surface area contributed by atoms with Crippen LogP contribution in [0.2, 0.25) is 0 Å². The van der Waals surface area contributed by atoms with Crippen LogP contribution in [0.5, 0.6) is 0 Å². The van der Waals surface area contributed by atoms with Crippen LogP contribution >= 0.6 is 0 Å². The zero-order chi connectivity index (χ0) is 18.2. The van der Waals surface area contributed by atoms with Gasteiger partial charge in [-0.05, 0) is 37.5 Å². The first-order valence-corrected chi connectivity index (χ1v) is 8.82. The van der Waals surface area contributed by atoms with E-state index in [-0.39, 0.29) is 11.8 Å². The molecule has 8 nitrogen and oxygen atoms in total. The van der Waals surface area contributed by atoms with Gasteiger partial charge in [0, 0.05) is 44.5 Å². The van der Waals surface area contributed by atoms with Crippen molar-refractivity contribution in [1.82, 2.24) is 20.3 Å². The summed E-state index contributed by atoms with van der Waals surface area (Å²) in [7, 11) is 0. The number of rotatable bonds is 7. The number of carbonyl (C=O) groups excluding carboxylic acids is 1. The predicted octanol–water partition coefficient (Wildman–Crippen LogP) is 1.88. The largest absolute Gasteiger partial charge is 0.381 e. The van der Waals surface area contributed by atoms with E-state index in [0.717, 1.165) is 24.2 Å². The van der Waals surface area contributed by atoms with Crippen LogP contribution in [-0.2, 0) is 9.53 Å². The number of aryl methyl sites for hydroxylation is 1. The summed E-state index contributed by atoms with van der Waals surface area (Å²) in [6, 6.07) is 5.69. The van der Waals surface area contributed by atoms with Gasteiger partial charge in [0.1, 0.15) is 23.8 Å². The fourth-order valence-corrected chi connectivity index (χ4v) is 2.74. The summed E-state index contributed by atoms with van der Waals surface area (Å²) in [6.45, 7) is 4.48. The molecule has 0 spiro atoms. The van der Waals surface area contributed by atoms with Gasteiger partial charge in [0.25, 0.3) is 0 Å². The van der Waals surface area contributed by atoms with E-state index in [2.05, 4.69) is 30.9 Å². The second-order valence-corrected chi connectivity index (χ2v) is 6.24. The lowest BCUT2D eigenvalue weighted by atomic mass is 9.99. The second-order valence-electron chi connectivity index (χ2n) is 6.24. The number of hydrogen-bond acceptors (Lipinski definition) is 7. The number of ether oxygens (including phenoxy) is 1. The third-order valence-electron chi connectivity index (χ3n) is 4.16. The molecule has 0 bridgehead atoms. The zero-order valence-corrected chi connectivity index (χ0v) is 14.9. The highest BCUT2D eigenvalue weighted by Gasteiger charge is 2.20. The van der Waals surface area contributed by atoms with Crippen LogP contribution in [0.4, 0.5) is 17.5 Å². The fourth-order valence-electron chi connectivity index (χ4n) is 2.74. The first-order chi connectivity index (χ1) is 12.7. The maximum Gasteiger partial charge on any atom is 0.223 e. The van der Waals surface area contributed by atoms with Crippen molar-refractivity contribution < 1.29 is 9.53 Å². The van der Waals surface area contributed by atoms with Gasteiger partial charge in [-0.15, -0.1) is 0 Å². The Morgan fingerprint density at radius 2 is 1.88 bits per heavy atom. The van der Waals surface area contributed by atoms with Gasteiger partial charge in [0.15, 0.2) is 0 Å². The Labute approximate surface area is 152 Å². The summed E-state index contributed by atoms with van der Waals surface area (Å²) in [5, 5.41) is 9.30. The van der Waals surface area contributed by atoms with Gasteiger partial charge in [0.2, 0.25) is 5.91 Å². The summed E-state index contributed by atoms with van der Waals surface area (Å²) < 4.78 is 5.28. The maximum atomic E-state index is 12.1. The molecule has 2 aromatic rings. The molecule has 138 valence electrons. The van der Waals surface area contributed by atoms with Gasteiger partial charge < -0.3 is 20.7 Å². The Balaban J connectivity index is 1.44. The highest BCUT2D eigenvalue weighted by Crippen LogP contribution is 2.15. The van der Waals surface area contributed by atoms with Gasteiger partial charge in [-0.2, -0.15) is 0 Å². The van der Waals surface area contributed by atoms with Crippen LogP contribution in [-0.4, -0.2) is 47.2 Å². The van der Waals surface area contributed by atoms with Crippen LogP contribution in [0, 0.1) is 12.8 Å². The van der Waals surface area contributed by atoms with Crippen molar-refractivity contribution in [3.8, 4) is 0 Å². The minimum absolute atomic E-state index is 0.0698. The SMILES string of the molecule is Cc1ccnc(Nc2cc(NCCNC(=O)C3CCOCC3)ncn2)c1. The average Bonchev–Trinajstić information content (AvgIpc) is 2.66. The number of carbonyl (C=O) groups is 1. The Bertz CT molecular complexity index is 733. The van der Waals surface area contributed by atoms with E-state index in [1.807, 2.05) is 25.1 Å². The highest BCUT2D eigenvalue weighted by molar-refractivity contribution is 5.78. The summed E-state index contributed by atoms with van der Waals surface area (Å²) in [4.78, 5) is 24.7. The monoisotopic (exact) mass is 356 g/mol. The van der Waals surface area contributed by atoms with E-state index in [1.54, 1.807) is 6.20 Å². The Morgan fingerprint density at radius 1 is 1.12 bits per heavy atom. The van der Waals surface area contributed by atoms with E-state index in [0.29, 0.717) is 37.9 Å². The van der Waals surface area contributed by atoms with Crippen molar-refractivity contribution >= 4 is 23.4 Å². The summed E-state index contributed by atoms with van der Waals surface area (Å²) >= 11 is 0. The molecule has 3 heterocycles. The van der Waals surface area contributed by atoms with Gasteiger partial charge in [0.05, 0.1) is 0 Å². The smallest absolute Gasteiger partial charge is 0.223 e. The minimum atomic E-state index is 0.0698. The molecular formula is C18H24N6O2. The third kappa shape index (κ3) is 5.38. The number of nitrogens with zero attached hydrogens (tertiary/aromatic N) is 3. The third-order valence-corrected chi connectivity index (χ3v) is 4.16. The summed E-state index contributed by atoms with van der Waals surface area (Å²) in [6.07, 6.45) is 4.83. The lowest BCUT2D eigenvalue weighted by molar-refractivity contribution is -0.127. The molecule has 0 saturated carbocycles. The molecular weight excluding hydrogens is 332 g/mol. The Morgan fingerprint density at radius 3 is 2.69 bits per heavy atom.